The minimum absolute atomic E-state index is 0.180. The second kappa shape index (κ2) is 10.2. The van der Waals surface area contributed by atoms with E-state index in [1.165, 1.54) is 6.07 Å². The van der Waals surface area contributed by atoms with Crippen molar-refractivity contribution >= 4 is 21.3 Å². The van der Waals surface area contributed by atoms with Crippen LogP contribution in [0.1, 0.15) is 27.7 Å². The van der Waals surface area contributed by atoms with E-state index in [4.69, 9.17) is 22.6 Å². The number of anilines is 1. The molecule has 0 radical (unpaired) electrons. The molecule has 0 aliphatic rings. The van der Waals surface area contributed by atoms with E-state index in [1.54, 1.807) is 45.9 Å². The molecule has 0 spiro atoms. The van der Waals surface area contributed by atoms with Crippen LogP contribution in [0.4, 0.5) is 5.69 Å². The molecular formula is C14H25NO7P2. The molecule has 1 rings (SSSR count). The predicted molar refractivity (Wildman–Crippen MR) is 92.4 cm³/mol. The van der Waals surface area contributed by atoms with Gasteiger partial charge in [0.25, 0.3) is 0 Å². The van der Waals surface area contributed by atoms with Gasteiger partial charge < -0.3 is 4.52 Å². The zero-order valence-corrected chi connectivity index (χ0v) is 16.2. The van der Waals surface area contributed by atoms with Gasteiger partial charge in [-0.15, -0.1) is 0 Å². The van der Waals surface area contributed by atoms with E-state index in [1.807, 2.05) is 0 Å². The molecule has 1 aromatic rings. The lowest BCUT2D eigenvalue weighted by Gasteiger charge is -2.20. The summed E-state index contributed by atoms with van der Waals surface area (Å²) in [6.45, 7) is 7.62. The molecule has 0 unspecified atom stereocenters. The van der Waals surface area contributed by atoms with Crippen molar-refractivity contribution < 1.29 is 31.7 Å². The lowest BCUT2D eigenvalue weighted by Crippen LogP contribution is -2.05. The average molecular weight is 381 g/mol. The maximum atomic E-state index is 12.5. The average Bonchev–Trinajstić information content (AvgIpc) is 2.47. The number of phosphoric ester groups is 1. The molecular weight excluding hydrogens is 356 g/mol. The third kappa shape index (κ3) is 6.93. The summed E-state index contributed by atoms with van der Waals surface area (Å²) in [5, 5.41) is 2.71. The standard InChI is InChI=1S/C14H25NO7P2/c1-5-18-23(16,19-6-2)15-13-10-9-11-14(12-13)22-24(17,20-7-3)21-8-4/h9-12H,5-8H2,1-4H3,(H,15,16). The van der Waals surface area contributed by atoms with Crippen LogP contribution in [-0.2, 0) is 27.2 Å². The largest absolute Gasteiger partial charge is 0.530 e. The lowest BCUT2D eigenvalue weighted by molar-refractivity contribution is 0.167. The lowest BCUT2D eigenvalue weighted by atomic mass is 10.3. The van der Waals surface area contributed by atoms with Crippen molar-refractivity contribution in [1.29, 1.82) is 0 Å². The van der Waals surface area contributed by atoms with E-state index in [9.17, 15) is 9.13 Å². The summed E-state index contributed by atoms with van der Waals surface area (Å²) in [4.78, 5) is 0. The van der Waals surface area contributed by atoms with E-state index >= 15 is 0 Å². The van der Waals surface area contributed by atoms with Crippen molar-refractivity contribution in [2.45, 2.75) is 27.7 Å². The van der Waals surface area contributed by atoms with Crippen LogP contribution >= 0.6 is 15.6 Å². The summed E-state index contributed by atoms with van der Waals surface area (Å²) < 4.78 is 50.7. The number of hydrogen-bond donors (Lipinski definition) is 1. The van der Waals surface area contributed by atoms with E-state index in [2.05, 4.69) is 5.09 Å². The molecule has 0 bridgehead atoms. The van der Waals surface area contributed by atoms with Crippen molar-refractivity contribution in [3.05, 3.63) is 24.3 Å². The molecule has 0 amide bonds. The highest BCUT2D eigenvalue weighted by Gasteiger charge is 2.28. The molecule has 0 aliphatic carbocycles. The summed E-state index contributed by atoms with van der Waals surface area (Å²) in [7, 11) is -7.17. The van der Waals surface area contributed by atoms with Crippen LogP contribution in [0.2, 0.25) is 0 Å². The van der Waals surface area contributed by atoms with Crippen LogP contribution in [0.5, 0.6) is 5.75 Å². The number of benzene rings is 1. The van der Waals surface area contributed by atoms with Crippen molar-refractivity contribution in [2.24, 2.45) is 0 Å². The highest BCUT2D eigenvalue weighted by atomic mass is 31.2. The van der Waals surface area contributed by atoms with Crippen LogP contribution in [0.15, 0.2) is 24.3 Å². The molecule has 24 heavy (non-hydrogen) atoms. The second-order valence-electron chi connectivity index (χ2n) is 4.35. The number of phosphoric acid groups is 1. The van der Waals surface area contributed by atoms with Gasteiger partial charge in [-0.1, -0.05) is 6.07 Å². The van der Waals surface area contributed by atoms with E-state index in [0.29, 0.717) is 5.69 Å². The van der Waals surface area contributed by atoms with E-state index in [-0.39, 0.29) is 32.2 Å². The van der Waals surface area contributed by atoms with Gasteiger partial charge in [0.05, 0.1) is 26.4 Å². The molecule has 0 saturated carbocycles. The Balaban J connectivity index is 2.93. The molecule has 1 aromatic carbocycles. The highest BCUT2D eigenvalue weighted by Crippen LogP contribution is 2.51. The van der Waals surface area contributed by atoms with Crippen molar-refractivity contribution in [3.8, 4) is 5.75 Å². The van der Waals surface area contributed by atoms with Gasteiger partial charge in [-0.2, -0.15) is 0 Å². The Labute approximate surface area is 143 Å². The number of rotatable bonds is 12. The third-order valence-electron chi connectivity index (χ3n) is 2.49. The summed E-state index contributed by atoms with van der Waals surface area (Å²) in [6, 6.07) is 6.39. The van der Waals surface area contributed by atoms with Gasteiger partial charge in [0, 0.05) is 11.8 Å². The first kappa shape index (κ1) is 21.2. The third-order valence-corrected chi connectivity index (χ3v) is 5.80. The summed E-state index contributed by atoms with van der Waals surface area (Å²) in [5.41, 5.74) is 0.428. The van der Waals surface area contributed by atoms with Crippen LogP contribution in [0, 0.1) is 0 Å². The zero-order valence-electron chi connectivity index (χ0n) is 14.4. The van der Waals surface area contributed by atoms with Crippen LogP contribution in [-0.4, -0.2) is 26.4 Å². The summed E-state index contributed by atoms with van der Waals surface area (Å²) >= 11 is 0. The maximum Gasteiger partial charge on any atom is 0.530 e. The topological polar surface area (TPSA) is 92.3 Å². The second-order valence-corrected chi connectivity index (χ2v) is 7.68. The molecule has 0 saturated heterocycles. The molecule has 0 atom stereocenters. The van der Waals surface area contributed by atoms with Gasteiger partial charge in [0.1, 0.15) is 5.75 Å². The van der Waals surface area contributed by atoms with Crippen molar-refractivity contribution in [2.75, 3.05) is 31.5 Å². The highest BCUT2D eigenvalue weighted by molar-refractivity contribution is 7.55. The van der Waals surface area contributed by atoms with Gasteiger partial charge in [-0.3, -0.25) is 23.2 Å². The maximum absolute atomic E-state index is 12.5. The molecule has 0 aliphatic heterocycles. The molecule has 0 aromatic heterocycles. The van der Waals surface area contributed by atoms with Crippen LogP contribution < -0.4 is 9.61 Å². The van der Waals surface area contributed by atoms with Crippen LogP contribution in [0.25, 0.3) is 0 Å². The molecule has 8 nitrogen and oxygen atoms in total. The smallest absolute Gasteiger partial charge is 0.404 e. The Morgan fingerprint density at radius 3 is 1.92 bits per heavy atom. The Kier molecular flexibility index (Phi) is 8.98. The van der Waals surface area contributed by atoms with Gasteiger partial charge in [0.15, 0.2) is 0 Å². The molecule has 10 heteroatoms. The van der Waals surface area contributed by atoms with Gasteiger partial charge in [0.2, 0.25) is 0 Å². The molecule has 1 N–H and O–H groups in total. The van der Waals surface area contributed by atoms with Gasteiger partial charge >= 0.3 is 15.6 Å². The molecule has 0 heterocycles. The van der Waals surface area contributed by atoms with Crippen molar-refractivity contribution in [3.63, 3.8) is 0 Å². The summed E-state index contributed by atoms with van der Waals surface area (Å²) in [5.74, 6) is 0.241. The first-order chi connectivity index (χ1) is 11.4. The van der Waals surface area contributed by atoms with Gasteiger partial charge in [-0.05, 0) is 39.8 Å². The quantitative estimate of drug-likeness (QED) is 0.514. The fourth-order valence-electron chi connectivity index (χ4n) is 1.76. The number of hydrogen-bond acceptors (Lipinski definition) is 7. The predicted octanol–water partition coefficient (Wildman–Crippen LogP) is 4.84. The van der Waals surface area contributed by atoms with E-state index in [0.717, 1.165) is 0 Å². The first-order valence-electron chi connectivity index (χ1n) is 7.76. The fourth-order valence-corrected chi connectivity index (χ4v) is 4.28. The Morgan fingerprint density at radius 1 is 0.875 bits per heavy atom. The Hall–Kier alpha value is -0.880. The normalized spacial score (nSPS) is 12.2. The zero-order chi connectivity index (χ0) is 18.1. The molecule has 138 valence electrons. The minimum Gasteiger partial charge on any atom is -0.404 e. The van der Waals surface area contributed by atoms with E-state index < -0.39 is 15.6 Å². The van der Waals surface area contributed by atoms with Crippen LogP contribution in [0.3, 0.4) is 0 Å². The fraction of sp³-hybridized carbons (Fsp3) is 0.571. The minimum atomic E-state index is -3.70. The first-order valence-corrected chi connectivity index (χ1v) is 10.8. The monoisotopic (exact) mass is 381 g/mol. The Bertz CT molecular complexity index is 529. The van der Waals surface area contributed by atoms with Crippen molar-refractivity contribution in [1.82, 2.24) is 0 Å². The molecule has 0 fully saturated rings. The number of nitrogens with one attached hydrogen (secondary N) is 1. The Morgan fingerprint density at radius 2 is 1.42 bits per heavy atom. The van der Waals surface area contributed by atoms with Gasteiger partial charge in [-0.25, -0.2) is 9.13 Å². The summed E-state index contributed by atoms with van der Waals surface area (Å²) in [6.07, 6.45) is 0. The SMILES string of the molecule is CCOP(=O)(Nc1cccc(OP(=O)(OCC)OCC)c1)OCC.